The minimum Gasteiger partial charge on any atom is -0.490 e. The molecule has 2 N–H and O–H groups in total. The molecule has 0 bridgehead atoms. The lowest BCUT2D eigenvalue weighted by atomic mass is 9.92. The van der Waals surface area contributed by atoms with Crippen LogP contribution in [0.2, 0.25) is 5.02 Å². The van der Waals surface area contributed by atoms with Crippen LogP contribution in [0.4, 0.5) is 16.2 Å². The minimum absolute atomic E-state index is 0.0376. The van der Waals surface area contributed by atoms with Gasteiger partial charge in [0.2, 0.25) is 5.91 Å². The number of nitriles is 1. The lowest BCUT2D eigenvalue weighted by molar-refractivity contribution is -0.120. The Bertz CT molecular complexity index is 2060. The highest BCUT2D eigenvalue weighted by atomic mass is 35.5. The van der Waals surface area contributed by atoms with Crippen molar-refractivity contribution in [2.75, 3.05) is 42.5 Å². The molecular weight excluding hydrogens is 702 g/mol. The Balaban J connectivity index is 0.814. The lowest BCUT2D eigenvalue weighted by Gasteiger charge is -2.43. The highest BCUT2D eigenvalue weighted by Crippen LogP contribution is 2.35. The second kappa shape index (κ2) is 15.7. The molecule has 3 aliphatic heterocycles. The van der Waals surface area contributed by atoms with Crippen LogP contribution >= 0.6 is 11.6 Å². The molecule has 4 aromatic rings. The van der Waals surface area contributed by atoms with Gasteiger partial charge in [-0.2, -0.15) is 5.26 Å². The van der Waals surface area contributed by atoms with E-state index in [1.54, 1.807) is 23.1 Å². The van der Waals surface area contributed by atoms with E-state index in [1.807, 2.05) is 24.3 Å². The van der Waals surface area contributed by atoms with E-state index >= 15 is 0 Å². The maximum absolute atomic E-state index is 13.2. The van der Waals surface area contributed by atoms with E-state index in [0.29, 0.717) is 46.9 Å². The van der Waals surface area contributed by atoms with Gasteiger partial charge in [0, 0.05) is 86.2 Å². The number of nitrogens with one attached hydrogen (secondary N) is 2. The van der Waals surface area contributed by atoms with E-state index in [1.165, 1.54) is 6.42 Å². The average molecular weight is 748 g/mol. The number of hydrogen-bond acceptors (Lipinski definition) is 7. The number of ether oxygens (including phenoxy) is 1. The van der Waals surface area contributed by atoms with Crippen LogP contribution < -0.4 is 25.2 Å². The molecule has 280 valence electrons. The van der Waals surface area contributed by atoms with Gasteiger partial charge in [-0.15, -0.1) is 0 Å². The summed E-state index contributed by atoms with van der Waals surface area (Å²) in [5.41, 5.74) is 4.25. The molecule has 3 aromatic carbocycles. The topological polar surface area (TPSA) is 123 Å². The Morgan fingerprint density at radius 3 is 2.43 bits per heavy atom. The molecule has 3 saturated heterocycles. The van der Waals surface area contributed by atoms with Crippen LogP contribution in [0, 0.1) is 11.3 Å². The van der Waals surface area contributed by atoms with Gasteiger partial charge in [0.05, 0.1) is 27.9 Å². The van der Waals surface area contributed by atoms with Crippen LogP contribution in [0.25, 0.3) is 10.9 Å². The van der Waals surface area contributed by atoms with Gasteiger partial charge in [0.1, 0.15) is 11.8 Å². The molecule has 0 radical (unpaired) electrons. The molecule has 0 spiro atoms. The van der Waals surface area contributed by atoms with Gasteiger partial charge in [-0.25, -0.2) is 4.79 Å². The first kappa shape index (κ1) is 36.0. The monoisotopic (exact) mass is 747 g/mol. The van der Waals surface area contributed by atoms with E-state index in [9.17, 15) is 14.4 Å². The van der Waals surface area contributed by atoms with Gasteiger partial charge in [-0.05, 0) is 106 Å². The molecule has 4 heterocycles. The Morgan fingerprint density at radius 2 is 1.69 bits per heavy atom. The number of carbonyl (C=O) groups is 3. The summed E-state index contributed by atoms with van der Waals surface area (Å²) in [5, 5.41) is 16.2. The standard InChI is InChI=1S/C42H46ClN7O4/c43-37-25-35(13-8-29(37)26-44)54-34-14-9-30(10-15-34)45-41(52)28-6-11-31(12-7-28)48-20-2-3-33(27-48)47-21-16-32(17-22-47)49-23-18-36-38(49)4-1-5-39(36)50-24-19-40(51)46-42(50)53/h1,4-8,11-13,18,23,25,30,32-34H,2-3,9-10,14-17,19-22,24,27H2,(H,45,52)(H,46,51,53)/t30-,33?,34-. The lowest BCUT2D eigenvalue weighted by Crippen LogP contribution is -2.50. The summed E-state index contributed by atoms with van der Waals surface area (Å²) in [7, 11) is 0. The number of aromatic nitrogens is 1. The largest absolute Gasteiger partial charge is 0.490 e. The smallest absolute Gasteiger partial charge is 0.328 e. The van der Waals surface area contributed by atoms with Crippen LogP contribution in [0.15, 0.2) is 72.9 Å². The number of fused-ring (bicyclic) bond motifs is 1. The molecule has 11 nitrogen and oxygen atoms in total. The van der Waals surface area contributed by atoms with Crippen molar-refractivity contribution in [1.29, 1.82) is 5.26 Å². The molecule has 4 amide bonds. The van der Waals surface area contributed by atoms with Crippen LogP contribution in [-0.2, 0) is 4.79 Å². The van der Waals surface area contributed by atoms with Gasteiger partial charge < -0.3 is 19.5 Å². The van der Waals surface area contributed by atoms with E-state index in [2.05, 4.69) is 61.5 Å². The Hall–Kier alpha value is -5.05. The summed E-state index contributed by atoms with van der Waals surface area (Å²) in [6.45, 7) is 4.46. The Labute approximate surface area is 320 Å². The Kier molecular flexibility index (Phi) is 10.5. The SMILES string of the molecule is N#Cc1ccc(O[C@H]2CC[C@H](NC(=O)c3ccc(N4CCCC(N5CCC(n6ccc7c(N8CCC(=O)NC8=O)cccc76)CC5)C4)cc3)CC2)cc1Cl. The number of carbonyl (C=O) groups excluding carboxylic acids is 3. The number of hydrogen-bond donors (Lipinski definition) is 2. The fourth-order valence-corrected chi connectivity index (χ4v) is 9.02. The summed E-state index contributed by atoms with van der Waals surface area (Å²) in [6.07, 6.45) is 10.3. The van der Waals surface area contributed by atoms with E-state index in [0.717, 1.165) is 93.4 Å². The number of piperidine rings is 2. The maximum atomic E-state index is 13.2. The molecule has 4 aliphatic rings. The zero-order valence-electron chi connectivity index (χ0n) is 30.4. The molecule has 12 heteroatoms. The average Bonchev–Trinajstić information content (AvgIpc) is 3.64. The van der Waals surface area contributed by atoms with E-state index in [4.69, 9.17) is 21.6 Å². The van der Waals surface area contributed by atoms with E-state index < -0.39 is 0 Å². The highest BCUT2D eigenvalue weighted by molar-refractivity contribution is 6.31. The van der Waals surface area contributed by atoms with Crippen molar-refractivity contribution < 1.29 is 19.1 Å². The second-order valence-corrected chi connectivity index (χ2v) is 15.5. The number of nitrogens with zero attached hydrogens (tertiary/aromatic N) is 5. The van der Waals surface area contributed by atoms with Crippen LogP contribution in [0.1, 0.15) is 79.8 Å². The molecular formula is C42H46ClN7O4. The van der Waals surface area contributed by atoms with Crippen LogP contribution in [-0.4, -0.2) is 78.2 Å². The Morgan fingerprint density at radius 1 is 0.889 bits per heavy atom. The fourth-order valence-electron chi connectivity index (χ4n) is 8.81. The van der Waals surface area contributed by atoms with Gasteiger partial charge in [0.25, 0.3) is 5.91 Å². The molecule has 54 heavy (non-hydrogen) atoms. The molecule has 1 aliphatic carbocycles. The summed E-state index contributed by atoms with van der Waals surface area (Å²) < 4.78 is 8.50. The normalized spacial score (nSPS) is 22.9. The number of benzene rings is 3. The number of halogens is 1. The van der Waals surface area contributed by atoms with Crippen molar-refractivity contribution in [2.24, 2.45) is 0 Å². The van der Waals surface area contributed by atoms with Gasteiger partial charge in [0.15, 0.2) is 0 Å². The second-order valence-electron chi connectivity index (χ2n) is 15.1. The van der Waals surface area contributed by atoms with E-state index in [-0.39, 0.29) is 30.0 Å². The summed E-state index contributed by atoms with van der Waals surface area (Å²) >= 11 is 6.17. The van der Waals surface area contributed by atoms with Crippen molar-refractivity contribution in [2.45, 2.75) is 82.0 Å². The fraction of sp³-hybridized carbons (Fsp3) is 0.429. The zero-order chi connectivity index (χ0) is 37.2. The quantitative estimate of drug-likeness (QED) is 0.198. The summed E-state index contributed by atoms with van der Waals surface area (Å²) in [5.74, 6) is 0.407. The van der Waals surface area contributed by atoms with Gasteiger partial charge in [-0.3, -0.25) is 24.7 Å². The summed E-state index contributed by atoms with van der Waals surface area (Å²) in [4.78, 5) is 44.3. The van der Waals surface area contributed by atoms with Crippen molar-refractivity contribution in [3.63, 3.8) is 0 Å². The van der Waals surface area contributed by atoms with Crippen molar-refractivity contribution in [3.8, 4) is 11.8 Å². The first-order valence-corrected chi connectivity index (χ1v) is 19.7. The number of rotatable bonds is 8. The number of imide groups is 1. The molecule has 1 unspecified atom stereocenters. The number of urea groups is 1. The summed E-state index contributed by atoms with van der Waals surface area (Å²) in [6, 6.07) is 24.1. The predicted molar refractivity (Wildman–Crippen MR) is 209 cm³/mol. The highest BCUT2D eigenvalue weighted by Gasteiger charge is 2.31. The predicted octanol–water partition coefficient (Wildman–Crippen LogP) is 7.04. The number of anilines is 2. The van der Waals surface area contributed by atoms with Gasteiger partial charge >= 0.3 is 6.03 Å². The molecule has 8 rings (SSSR count). The van der Waals surface area contributed by atoms with Crippen LogP contribution in [0.5, 0.6) is 5.75 Å². The van der Waals surface area contributed by atoms with Crippen molar-refractivity contribution in [3.05, 3.63) is 89.1 Å². The van der Waals surface area contributed by atoms with Crippen molar-refractivity contribution in [1.82, 2.24) is 20.1 Å². The minimum atomic E-state index is -0.354. The first-order valence-electron chi connectivity index (χ1n) is 19.3. The number of amides is 4. The third-order valence-corrected chi connectivity index (χ3v) is 12.1. The zero-order valence-corrected chi connectivity index (χ0v) is 31.1. The van der Waals surface area contributed by atoms with Crippen LogP contribution in [0.3, 0.4) is 0 Å². The van der Waals surface area contributed by atoms with Gasteiger partial charge in [-0.1, -0.05) is 17.7 Å². The van der Waals surface area contributed by atoms with Crippen molar-refractivity contribution >= 4 is 51.7 Å². The number of likely N-dealkylation sites (tertiary alicyclic amines) is 1. The third kappa shape index (κ3) is 7.63. The maximum Gasteiger partial charge on any atom is 0.328 e. The molecule has 1 saturated carbocycles. The third-order valence-electron chi connectivity index (χ3n) is 11.8. The molecule has 4 fully saturated rings. The molecule has 1 aromatic heterocycles. The first-order chi connectivity index (χ1) is 26.3. The molecule has 1 atom stereocenters.